The molecular formula is C14H22ClN3O2S. The summed E-state index contributed by atoms with van der Waals surface area (Å²) >= 11 is 7.27. The summed E-state index contributed by atoms with van der Waals surface area (Å²) in [6.45, 7) is 3.44. The van der Waals surface area contributed by atoms with Gasteiger partial charge in [-0.1, -0.05) is 18.0 Å². The summed E-state index contributed by atoms with van der Waals surface area (Å²) in [6, 6.07) is 3.43. The zero-order valence-corrected chi connectivity index (χ0v) is 13.6. The Kier molecular flexibility index (Phi) is 6.76. The van der Waals surface area contributed by atoms with Gasteiger partial charge in [-0.15, -0.1) is 11.3 Å². The summed E-state index contributed by atoms with van der Waals surface area (Å²) in [6.07, 6.45) is 3.15. The van der Waals surface area contributed by atoms with Crippen molar-refractivity contribution in [1.29, 1.82) is 0 Å². The molecule has 0 saturated carbocycles. The van der Waals surface area contributed by atoms with Crippen LogP contribution in [0.1, 0.15) is 24.1 Å². The third kappa shape index (κ3) is 6.22. The summed E-state index contributed by atoms with van der Waals surface area (Å²) in [4.78, 5) is 14.9. The second-order valence-corrected chi connectivity index (χ2v) is 7.08. The molecule has 7 heteroatoms. The first-order valence-corrected chi connectivity index (χ1v) is 8.49. The molecule has 0 unspecified atom stereocenters. The average Bonchev–Trinajstić information content (AvgIpc) is 2.90. The lowest BCUT2D eigenvalue weighted by molar-refractivity contribution is 0.101. The van der Waals surface area contributed by atoms with Crippen LogP contribution in [-0.2, 0) is 6.54 Å². The molecule has 118 valence electrons. The molecule has 21 heavy (non-hydrogen) atoms. The lowest BCUT2D eigenvalue weighted by Crippen LogP contribution is -2.44. The summed E-state index contributed by atoms with van der Waals surface area (Å²) < 4.78 is 0.712. The maximum absolute atomic E-state index is 11.6. The minimum Gasteiger partial charge on any atom is -0.390 e. The van der Waals surface area contributed by atoms with Crippen LogP contribution in [0.2, 0.25) is 4.34 Å². The van der Waals surface area contributed by atoms with E-state index in [9.17, 15) is 9.90 Å². The Labute approximate surface area is 134 Å². The smallest absolute Gasteiger partial charge is 0.315 e. The van der Waals surface area contributed by atoms with E-state index in [1.165, 1.54) is 30.6 Å². The maximum atomic E-state index is 11.6. The number of hydrogen-bond donors (Lipinski definition) is 3. The Balaban J connectivity index is 1.59. The van der Waals surface area contributed by atoms with E-state index in [-0.39, 0.29) is 12.6 Å². The van der Waals surface area contributed by atoms with E-state index >= 15 is 0 Å². The number of nitrogens with one attached hydrogen (secondary N) is 2. The number of aliphatic hydroxyl groups excluding tert-OH is 1. The lowest BCUT2D eigenvalue weighted by Gasteiger charge is -2.28. The highest BCUT2D eigenvalue weighted by molar-refractivity contribution is 7.16. The van der Waals surface area contributed by atoms with E-state index in [2.05, 4.69) is 15.5 Å². The molecule has 1 aliphatic rings. The Morgan fingerprint density at radius 1 is 1.33 bits per heavy atom. The van der Waals surface area contributed by atoms with E-state index in [0.29, 0.717) is 17.4 Å². The zero-order chi connectivity index (χ0) is 15.1. The molecule has 1 aliphatic heterocycles. The predicted octanol–water partition coefficient (Wildman–Crippen LogP) is 2.05. The van der Waals surface area contributed by atoms with Crippen molar-refractivity contribution in [2.75, 3.05) is 26.2 Å². The van der Waals surface area contributed by atoms with Crippen LogP contribution in [0.15, 0.2) is 12.1 Å². The summed E-state index contributed by atoms with van der Waals surface area (Å²) in [7, 11) is 0. The van der Waals surface area contributed by atoms with Gasteiger partial charge in [-0.05, 0) is 38.1 Å². The fraction of sp³-hybridized carbons (Fsp3) is 0.643. The monoisotopic (exact) mass is 331 g/mol. The number of amides is 2. The average molecular weight is 332 g/mol. The van der Waals surface area contributed by atoms with Gasteiger partial charge in [0.1, 0.15) is 0 Å². The number of piperidine rings is 1. The van der Waals surface area contributed by atoms with Gasteiger partial charge in [0.2, 0.25) is 0 Å². The van der Waals surface area contributed by atoms with Crippen molar-refractivity contribution in [3.8, 4) is 0 Å². The van der Waals surface area contributed by atoms with Gasteiger partial charge in [0.05, 0.1) is 17.0 Å². The van der Waals surface area contributed by atoms with Crippen molar-refractivity contribution in [3.05, 3.63) is 21.3 Å². The van der Waals surface area contributed by atoms with E-state index < -0.39 is 6.10 Å². The molecule has 2 rings (SSSR count). The van der Waals surface area contributed by atoms with Crippen molar-refractivity contribution < 1.29 is 9.90 Å². The molecule has 5 nitrogen and oxygen atoms in total. The standard InChI is InChI=1S/C14H22ClN3O2S/c15-13-5-4-12(21-13)9-17-14(20)16-8-11(19)10-18-6-2-1-3-7-18/h4-5,11,19H,1-3,6-10H2,(H2,16,17,20)/t11-/m1/s1. The highest BCUT2D eigenvalue weighted by atomic mass is 35.5. The van der Waals surface area contributed by atoms with Crippen LogP contribution in [0.25, 0.3) is 0 Å². The van der Waals surface area contributed by atoms with Crippen molar-refractivity contribution >= 4 is 29.0 Å². The summed E-state index contributed by atoms with van der Waals surface area (Å²) in [5, 5.41) is 15.4. The number of likely N-dealkylation sites (tertiary alicyclic amines) is 1. The molecular weight excluding hydrogens is 310 g/mol. The molecule has 3 N–H and O–H groups in total. The van der Waals surface area contributed by atoms with Crippen LogP contribution in [-0.4, -0.2) is 48.3 Å². The Bertz CT molecular complexity index is 449. The first-order valence-electron chi connectivity index (χ1n) is 7.30. The molecule has 2 heterocycles. The molecule has 0 bridgehead atoms. The second kappa shape index (κ2) is 8.58. The van der Waals surface area contributed by atoms with Gasteiger partial charge in [0, 0.05) is 18.0 Å². The van der Waals surface area contributed by atoms with Crippen LogP contribution in [0, 0.1) is 0 Å². The third-order valence-electron chi connectivity index (χ3n) is 3.47. The van der Waals surface area contributed by atoms with Crippen LogP contribution in [0.3, 0.4) is 0 Å². The van der Waals surface area contributed by atoms with Crippen molar-refractivity contribution in [1.82, 2.24) is 15.5 Å². The van der Waals surface area contributed by atoms with Crippen LogP contribution >= 0.6 is 22.9 Å². The van der Waals surface area contributed by atoms with Gasteiger partial charge in [-0.2, -0.15) is 0 Å². The van der Waals surface area contributed by atoms with E-state index in [0.717, 1.165) is 18.0 Å². The number of thiophene rings is 1. The summed E-state index contributed by atoms with van der Waals surface area (Å²) in [5.74, 6) is 0. The number of halogens is 1. The Hall–Kier alpha value is -0.820. The third-order valence-corrected chi connectivity index (χ3v) is 4.70. The van der Waals surface area contributed by atoms with Gasteiger partial charge >= 0.3 is 6.03 Å². The number of β-amino-alcohol motifs (C(OH)–C–C–N with tert-alkyl or cyclic N) is 1. The SMILES string of the molecule is O=C(NCc1ccc(Cl)s1)NC[C@@H](O)CN1CCCCC1. The number of hydrogen-bond acceptors (Lipinski definition) is 4. The molecule has 0 radical (unpaired) electrons. The van der Waals surface area contributed by atoms with Crippen molar-refractivity contribution in [3.63, 3.8) is 0 Å². The first kappa shape index (κ1) is 16.5. The minimum atomic E-state index is -0.523. The molecule has 1 saturated heterocycles. The second-order valence-electron chi connectivity index (χ2n) is 5.28. The minimum absolute atomic E-state index is 0.266. The molecule has 0 aromatic carbocycles. The number of carbonyl (C=O) groups excluding carboxylic acids is 1. The molecule has 2 amide bonds. The van der Waals surface area contributed by atoms with E-state index in [1.807, 2.05) is 12.1 Å². The van der Waals surface area contributed by atoms with Crippen LogP contribution in [0.4, 0.5) is 4.79 Å². The molecule has 1 aromatic rings. The van der Waals surface area contributed by atoms with Gasteiger partial charge in [0.25, 0.3) is 0 Å². The highest BCUT2D eigenvalue weighted by Gasteiger charge is 2.15. The quantitative estimate of drug-likeness (QED) is 0.747. The predicted molar refractivity (Wildman–Crippen MR) is 85.9 cm³/mol. The van der Waals surface area contributed by atoms with Crippen LogP contribution in [0.5, 0.6) is 0 Å². The normalized spacial score (nSPS) is 17.4. The molecule has 1 aromatic heterocycles. The van der Waals surface area contributed by atoms with Gasteiger partial charge in [-0.25, -0.2) is 4.79 Å². The Morgan fingerprint density at radius 3 is 2.76 bits per heavy atom. The maximum Gasteiger partial charge on any atom is 0.315 e. The number of rotatable bonds is 6. The van der Waals surface area contributed by atoms with Crippen molar-refractivity contribution in [2.45, 2.75) is 31.9 Å². The fourth-order valence-corrected chi connectivity index (χ4v) is 3.42. The molecule has 1 atom stereocenters. The number of carbonyl (C=O) groups is 1. The number of nitrogens with zero attached hydrogens (tertiary/aromatic N) is 1. The largest absolute Gasteiger partial charge is 0.390 e. The van der Waals surface area contributed by atoms with E-state index in [1.54, 1.807) is 0 Å². The zero-order valence-electron chi connectivity index (χ0n) is 12.0. The lowest BCUT2D eigenvalue weighted by atomic mass is 10.1. The molecule has 1 fully saturated rings. The highest BCUT2D eigenvalue weighted by Crippen LogP contribution is 2.20. The van der Waals surface area contributed by atoms with Gasteiger partial charge in [-0.3, -0.25) is 0 Å². The van der Waals surface area contributed by atoms with Crippen molar-refractivity contribution in [2.24, 2.45) is 0 Å². The first-order chi connectivity index (χ1) is 10.1. The molecule has 0 spiro atoms. The van der Waals surface area contributed by atoms with E-state index in [4.69, 9.17) is 11.6 Å². The van der Waals surface area contributed by atoms with Crippen LogP contribution < -0.4 is 10.6 Å². The number of aliphatic hydroxyl groups is 1. The Morgan fingerprint density at radius 2 is 2.10 bits per heavy atom. The summed E-state index contributed by atoms with van der Waals surface area (Å²) in [5.41, 5.74) is 0. The fourth-order valence-electron chi connectivity index (χ4n) is 2.39. The van der Waals surface area contributed by atoms with Gasteiger partial charge in [0.15, 0.2) is 0 Å². The molecule has 0 aliphatic carbocycles. The topological polar surface area (TPSA) is 64.6 Å². The number of urea groups is 1. The van der Waals surface area contributed by atoms with Gasteiger partial charge < -0.3 is 20.6 Å².